The van der Waals surface area contributed by atoms with E-state index in [2.05, 4.69) is 20.6 Å². The Morgan fingerprint density at radius 2 is 1.67 bits per heavy atom. The van der Waals surface area contributed by atoms with Crippen LogP contribution in [0.4, 0.5) is 16.5 Å². The Kier molecular flexibility index (Phi) is 6.01. The summed E-state index contributed by atoms with van der Waals surface area (Å²) in [6.45, 7) is 0. The second-order valence-electron chi connectivity index (χ2n) is 6.55. The van der Waals surface area contributed by atoms with E-state index < -0.39 is 0 Å². The van der Waals surface area contributed by atoms with Crippen molar-refractivity contribution >= 4 is 33.8 Å². The summed E-state index contributed by atoms with van der Waals surface area (Å²) in [5.41, 5.74) is 4.52. The van der Waals surface area contributed by atoms with Crippen LogP contribution in [0, 0.1) is 0 Å². The zero-order valence-corrected chi connectivity index (χ0v) is 17.1. The van der Waals surface area contributed by atoms with Crippen molar-refractivity contribution < 1.29 is 9.53 Å². The summed E-state index contributed by atoms with van der Waals surface area (Å²) >= 11 is 1.54. The quantitative estimate of drug-likeness (QED) is 0.436. The Morgan fingerprint density at radius 3 is 2.37 bits per heavy atom. The van der Waals surface area contributed by atoms with Gasteiger partial charge >= 0.3 is 0 Å². The lowest BCUT2D eigenvalue weighted by Crippen LogP contribution is -2.14. The van der Waals surface area contributed by atoms with Crippen LogP contribution < -0.4 is 15.4 Å². The first-order valence-electron chi connectivity index (χ1n) is 9.35. The van der Waals surface area contributed by atoms with Gasteiger partial charge in [-0.15, -0.1) is 11.3 Å². The van der Waals surface area contributed by atoms with Gasteiger partial charge in [0.25, 0.3) is 0 Å². The molecule has 4 rings (SSSR count). The maximum atomic E-state index is 12.3. The van der Waals surface area contributed by atoms with Crippen LogP contribution in [0.2, 0.25) is 0 Å². The van der Waals surface area contributed by atoms with Gasteiger partial charge in [-0.25, -0.2) is 4.98 Å². The van der Waals surface area contributed by atoms with E-state index in [-0.39, 0.29) is 5.91 Å². The van der Waals surface area contributed by atoms with E-state index >= 15 is 0 Å². The molecule has 2 heterocycles. The molecule has 0 radical (unpaired) electrons. The van der Waals surface area contributed by atoms with Crippen LogP contribution in [-0.4, -0.2) is 23.0 Å². The Hall–Kier alpha value is -3.71. The number of amides is 1. The summed E-state index contributed by atoms with van der Waals surface area (Å²) < 4.78 is 5.13. The predicted octanol–water partition coefficient (Wildman–Crippen LogP) is 5.14. The normalized spacial score (nSPS) is 10.4. The van der Waals surface area contributed by atoms with Crippen LogP contribution in [0.15, 0.2) is 78.4 Å². The highest BCUT2D eigenvalue weighted by atomic mass is 32.1. The second-order valence-corrected chi connectivity index (χ2v) is 7.41. The van der Waals surface area contributed by atoms with Gasteiger partial charge in [0.2, 0.25) is 5.91 Å². The van der Waals surface area contributed by atoms with Gasteiger partial charge in [0.15, 0.2) is 5.13 Å². The van der Waals surface area contributed by atoms with E-state index in [1.165, 1.54) is 11.3 Å². The van der Waals surface area contributed by atoms with E-state index in [0.717, 1.165) is 39.1 Å². The number of methoxy groups -OCH3 is 1. The molecule has 2 N–H and O–H groups in total. The van der Waals surface area contributed by atoms with E-state index in [1.807, 2.05) is 66.0 Å². The molecular formula is C23H20N4O2S. The number of aromatic nitrogens is 2. The topological polar surface area (TPSA) is 76.1 Å². The van der Waals surface area contributed by atoms with E-state index in [1.54, 1.807) is 19.5 Å². The zero-order valence-electron chi connectivity index (χ0n) is 16.3. The monoisotopic (exact) mass is 416 g/mol. The maximum Gasteiger partial charge on any atom is 0.228 e. The molecule has 0 aliphatic rings. The fourth-order valence-electron chi connectivity index (χ4n) is 2.88. The SMILES string of the molecule is COc1ccc(CC(=O)Nc2ccc(Nc3nc(-c4ccncc4)cs3)cc2)cc1. The molecule has 4 aromatic rings. The summed E-state index contributed by atoms with van der Waals surface area (Å²) in [6.07, 6.45) is 3.81. The Bertz CT molecular complexity index is 1110. The van der Waals surface area contributed by atoms with Crippen molar-refractivity contribution in [1.82, 2.24) is 9.97 Å². The van der Waals surface area contributed by atoms with Crippen LogP contribution in [-0.2, 0) is 11.2 Å². The molecule has 2 aromatic carbocycles. The van der Waals surface area contributed by atoms with Crippen LogP contribution in [0.3, 0.4) is 0 Å². The highest BCUT2D eigenvalue weighted by Crippen LogP contribution is 2.27. The molecule has 0 saturated carbocycles. The van der Waals surface area contributed by atoms with Gasteiger partial charge in [0, 0.05) is 34.7 Å². The van der Waals surface area contributed by atoms with Crippen molar-refractivity contribution in [3.8, 4) is 17.0 Å². The number of nitrogens with zero attached hydrogens (tertiary/aromatic N) is 2. The van der Waals surface area contributed by atoms with E-state index in [0.29, 0.717) is 6.42 Å². The first kappa shape index (κ1) is 19.6. The van der Waals surface area contributed by atoms with E-state index in [4.69, 9.17) is 4.74 Å². The molecule has 0 unspecified atom stereocenters. The number of nitrogens with one attached hydrogen (secondary N) is 2. The summed E-state index contributed by atoms with van der Waals surface area (Å²) in [6, 6.07) is 18.9. The molecule has 0 fully saturated rings. The van der Waals surface area contributed by atoms with Gasteiger partial charge in [-0.3, -0.25) is 9.78 Å². The molecule has 0 aliphatic carbocycles. The second kappa shape index (κ2) is 9.19. The standard InChI is InChI=1S/C23H20N4O2S/c1-29-20-8-2-16(3-9-20)14-22(28)25-18-4-6-19(7-5-18)26-23-27-21(15-30-23)17-10-12-24-13-11-17/h2-13,15H,14H2,1H3,(H,25,28)(H,26,27). The van der Waals surface area contributed by atoms with Crippen LogP contribution in [0.25, 0.3) is 11.3 Å². The van der Waals surface area contributed by atoms with Crippen molar-refractivity contribution in [2.24, 2.45) is 0 Å². The summed E-state index contributed by atoms with van der Waals surface area (Å²) in [5, 5.41) is 9.02. The number of hydrogen-bond donors (Lipinski definition) is 2. The van der Waals surface area contributed by atoms with Gasteiger partial charge in [0.1, 0.15) is 5.75 Å². The average molecular weight is 417 g/mol. The minimum atomic E-state index is -0.0669. The summed E-state index contributed by atoms with van der Waals surface area (Å²) in [5.74, 6) is 0.707. The Morgan fingerprint density at radius 1 is 0.967 bits per heavy atom. The maximum absolute atomic E-state index is 12.3. The third-order valence-electron chi connectivity index (χ3n) is 4.42. The van der Waals surface area contributed by atoms with Gasteiger partial charge < -0.3 is 15.4 Å². The number of anilines is 3. The number of ether oxygens (including phenoxy) is 1. The van der Waals surface area contributed by atoms with Crippen molar-refractivity contribution in [3.05, 3.63) is 84.0 Å². The first-order valence-corrected chi connectivity index (χ1v) is 10.2. The van der Waals surface area contributed by atoms with Crippen molar-refractivity contribution in [1.29, 1.82) is 0 Å². The Balaban J connectivity index is 1.33. The smallest absolute Gasteiger partial charge is 0.228 e. The number of carbonyl (C=O) groups is 1. The molecule has 0 saturated heterocycles. The van der Waals surface area contributed by atoms with E-state index in [9.17, 15) is 4.79 Å². The molecule has 1 amide bonds. The molecule has 7 heteroatoms. The molecular weight excluding hydrogens is 396 g/mol. The van der Waals surface area contributed by atoms with Crippen molar-refractivity contribution in [2.75, 3.05) is 17.7 Å². The zero-order chi connectivity index (χ0) is 20.8. The average Bonchev–Trinajstić information content (AvgIpc) is 3.25. The lowest BCUT2D eigenvalue weighted by molar-refractivity contribution is -0.115. The van der Waals surface area contributed by atoms with Gasteiger partial charge in [-0.05, 0) is 54.1 Å². The first-order chi connectivity index (χ1) is 14.7. The molecule has 0 bridgehead atoms. The molecule has 0 aliphatic heterocycles. The van der Waals surface area contributed by atoms with Crippen LogP contribution in [0.5, 0.6) is 5.75 Å². The van der Waals surface area contributed by atoms with Gasteiger partial charge in [-0.1, -0.05) is 12.1 Å². The van der Waals surface area contributed by atoms with Crippen molar-refractivity contribution in [3.63, 3.8) is 0 Å². The number of thiazole rings is 1. The van der Waals surface area contributed by atoms with Crippen LogP contribution in [0.1, 0.15) is 5.56 Å². The number of hydrogen-bond acceptors (Lipinski definition) is 6. The third-order valence-corrected chi connectivity index (χ3v) is 5.18. The molecule has 0 spiro atoms. The molecule has 30 heavy (non-hydrogen) atoms. The fourth-order valence-corrected chi connectivity index (χ4v) is 3.62. The fraction of sp³-hybridized carbons (Fsp3) is 0.0870. The minimum absolute atomic E-state index is 0.0669. The highest BCUT2D eigenvalue weighted by Gasteiger charge is 2.07. The van der Waals surface area contributed by atoms with Gasteiger partial charge in [0.05, 0.1) is 19.2 Å². The highest BCUT2D eigenvalue weighted by molar-refractivity contribution is 7.14. The third kappa shape index (κ3) is 5.01. The molecule has 0 atom stereocenters. The minimum Gasteiger partial charge on any atom is -0.497 e. The van der Waals surface area contributed by atoms with Gasteiger partial charge in [-0.2, -0.15) is 0 Å². The summed E-state index contributed by atoms with van der Waals surface area (Å²) in [4.78, 5) is 20.9. The number of carbonyl (C=O) groups excluding carboxylic acids is 1. The summed E-state index contributed by atoms with van der Waals surface area (Å²) in [7, 11) is 1.62. The molecule has 6 nitrogen and oxygen atoms in total. The lowest BCUT2D eigenvalue weighted by Gasteiger charge is -2.08. The molecule has 150 valence electrons. The predicted molar refractivity (Wildman–Crippen MR) is 120 cm³/mol. The molecule has 2 aromatic heterocycles. The number of rotatable bonds is 7. The van der Waals surface area contributed by atoms with Crippen LogP contribution >= 0.6 is 11.3 Å². The lowest BCUT2D eigenvalue weighted by atomic mass is 10.1. The van der Waals surface area contributed by atoms with Crippen molar-refractivity contribution in [2.45, 2.75) is 6.42 Å². The largest absolute Gasteiger partial charge is 0.497 e. The number of pyridine rings is 1. The Labute approximate surface area is 178 Å². The number of benzene rings is 2.